The minimum absolute atomic E-state index is 0.151. The average Bonchev–Trinajstić information content (AvgIpc) is 2.73. The number of rotatable bonds is 9. The van der Waals surface area contributed by atoms with Crippen molar-refractivity contribution in [3.63, 3.8) is 0 Å². The summed E-state index contributed by atoms with van der Waals surface area (Å²) in [7, 11) is -1.72. The molecule has 1 aromatic carbocycles. The van der Waals surface area contributed by atoms with Gasteiger partial charge in [0.15, 0.2) is 23.7 Å². The molecule has 0 aromatic heterocycles. The van der Waals surface area contributed by atoms with Crippen molar-refractivity contribution in [1.82, 2.24) is 0 Å². The molecule has 1 aromatic rings. The Bertz CT molecular complexity index is 871. The average molecular weight is 485 g/mol. The van der Waals surface area contributed by atoms with Crippen LogP contribution >= 0.6 is 0 Å². The minimum Gasteiger partial charge on any atom is -0.463 e. The van der Waals surface area contributed by atoms with Crippen LogP contribution in [0.4, 0.5) is 0 Å². The molecule has 6 atom stereocenters. The lowest BCUT2D eigenvalue weighted by Gasteiger charge is -2.44. The van der Waals surface area contributed by atoms with E-state index >= 15 is 0 Å². The van der Waals surface area contributed by atoms with Crippen molar-refractivity contribution in [2.45, 2.75) is 64.0 Å². The molecule has 0 bridgehead atoms. The molecular weight excluding hydrogens is 456 g/mol. The number of carbonyl (C=O) groups is 4. The van der Waals surface area contributed by atoms with E-state index in [0.717, 1.165) is 26.3 Å². The third kappa shape index (κ3) is 8.25. The van der Waals surface area contributed by atoms with Gasteiger partial charge in [-0.05, 0) is 12.0 Å². The summed E-state index contributed by atoms with van der Waals surface area (Å²) < 4.78 is 40.2. The van der Waals surface area contributed by atoms with Crippen LogP contribution in [0.2, 0.25) is 0 Å². The van der Waals surface area contributed by atoms with E-state index in [1.165, 1.54) is 6.92 Å². The Morgan fingerprint density at radius 3 is 1.91 bits per heavy atom. The fourth-order valence-electron chi connectivity index (χ4n) is 3.38. The minimum atomic E-state index is -1.72. The highest BCUT2D eigenvalue weighted by Gasteiger charge is 2.53. The van der Waals surface area contributed by atoms with Gasteiger partial charge in [0.2, 0.25) is 0 Å². The molecule has 1 fully saturated rings. The fraction of sp³-hybridized carbons (Fsp3) is 0.545. The lowest BCUT2D eigenvalue weighted by Crippen LogP contribution is -2.63. The molecule has 0 N–H and O–H groups in total. The molecule has 11 heteroatoms. The lowest BCUT2D eigenvalue weighted by molar-refractivity contribution is -0.238. The maximum atomic E-state index is 13.2. The van der Waals surface area contributed by atoms with Crippen LogP contribution in [0.25, 0.3) is 0 Å². The summed E-state index contributed by atoms with van der Waals surface area (Å²) in [6.45, 7) is 4.24. The molecule has 1 saturated heterocycles. The van der Waals surface area contributed by atoms with Crippen molar-refractivity contribution in [2.75, 3.05) is 12.4 Å². The highest BCUT2D eigenvalue weighted by molar-refractivity contribution is 7.85. The second kappa shape index (κ2) is 12.4. The number of esters is 4. The van der Waals surface area contributed by atoms with Gasteiger partial charge < -0.3 is 23.7 Å². The van der Waals surface area contributed by atoms with E-state index in [2.05, 4.69) is 0 Å². The summed E-state index contributed by atoms with van der Waals surface area (Å²) in [6.07, 6.45) is -4.58. The van der Waals surface area contributed by atoms with Gasteiger partial charge >= 0.3 is 23.9 Å². The van der Waals surface area contributed by atoms with Crippen LogP contribution in [-0.2, 0) is 60.1 Å². The van der Waals surface area contributed by atoms with E-state index in [9.17, 15) is 23.4 Å². The lowest BCUT2D eigenvalue weighted by atomic mass is 9.99. The van der Waals surface area contributed by atoms with Gasteiger partial charge in [0.1, 0.15) is 12.7 Å². The van der Waals surface area contributed by atoms with Gasteiger partial charge in [0, 0.05) is 33.4 Å². The Labute approximate surface area is 194 Å². The number of hydrogen-bond donors (Lipinski definition) is 0. The largest absolute Gasteiger partial charge is 0.463 e. The normalized spacial score (nSPS) is 25.4. The summed E-state index contributed by atoms with van der Waals surface area (Å²) in [4.78, 5) is 46.7. The van der Waals surface area contributed by atoms with Gasteiger partial charge in [-0.1, -0.05) is 30.3 Å². The second-order valence-corrected chi connectivity index (χ2v) is 9.02. The van der Waals surface area contributed by atoms with Crippen LogP contribution in [0.3, 0.4) is 0 Å². The first-order valence-corrected chi connectivity index (χ1v) is 11.7. The molecule has 1 aliphatic heterocycles. The summed E-state index contributed by atoms with van der Waals surface area (Å²) >= 11 is 0. The van der Waals surface area contributed by atoms with Crippen molar-refractivity contribution in [3.05, 3.63) is 35.9 Å². The van der Waals surface area contributed by atoms with Crippen LogP contribution in [-0.4, -0.2) is 70.3 Å². The third-order valence-electron chi connectivity index (χ3n) is 4.64. The fourth-order valence-corrected chi connectivity index (χ4v) is 4.83. The zero-order chi connectivity index (χ0) is 24.5. The van der Waals surface area contributed by atoms with Crippen LogP contribution in [0, 0.1) is 0 Å². The highest BCUT2D eigenvalue weighted by Crippen LogP contribution is 2.31. The van der Waals surface area contributed by atoms with Crippen LogP contribution < -0.4 is 0 Å². The third-order valence-corrected chi connectivity index (χ3v) is 6.15. The molecule has 0 saturated carbocycles. The molecule has 1 aliphatic rings. The maximum Gasteiger partial charge on any atom is 0.303 e. The topological polar surface area (TPSA) is 132 Å². The van der Waals surface area contributed by atoms with Crippen LogP contribution in [0.15, 0.2) is 30.3 Å². The van der Waals surface area contributed by atoms with E-state index in [0.29, 0.717) is 6.42 Å². The molecular formula is C22H28O10S. The molecule has 1 heterocycles. The summed E-state index contributed by atoms with van der Waals surface area (Å²) in [5, 5.41) is 0. The number of aryl methyl sites for hydroxylation is 1. The van der Waals surface area contributed by atoms with Crippen molar-refractivity contribution in [3.8, 4) is 0 Å². The van der Waals surface area contributed by atoms with Crippen LogP contribution in [0.5, 0.6) is 0 Å². The molecule has 2 rings (SSSR count). The monoisotopic (exact) mass is 484 g/mol. The van der Waals surface area contributed by atoms with Gasteiger partial charge in [-0.2, -0.15) is 0 Å². The van der Waals surface area contributed by atoms with Gasteiger partial charge in [-0.25, -0.2) is 0 Å². The number of ether oxygens (including phenoxy) is 5. The van der Waals surface area contributed by atoms with Gasteiger partial charge in [0.25, 0.3) is 0 Å². The molecule has 0 spiro atoms. The van der Waals surface area contributed by atoms with Crippen molar-refractivity contribution < 1.29 is 47.1 Å². The van der Waals surface area contributed by atoms with E-state index in [1.807, 2.05) is 30.3 Å². The Morgan fingerprint density at radius 1 is 0.818 bits per heavy atom. The van der Waals surface area contributed by atoms with E-state index < -0.39 is 64.5 Å². The smallest absolute Gasteiger partial charge is 0.303 e. The van der Waals surface area contributed by atoms with E-state index in [4.69, 9.17) is 23.7 Å². The number of hydrogen-bond acceptors (Lipinski definition) is 10. The molecule has 33 heavy (non-hydrogen) atoms. The summed E-state index contributed by atoms with van der Waals surface area (Å²) in [5.41, 5.74) is -0.286. The predicted octanol–water partition coefficient (Wildman–Crippen LogP) is 1.06. The van der Waals surface area contributed by atoms with Crippen molar-refractivity contribution in [2.24, 2.45) is 0 Å². The zero-order valence-electron chi connectivity index (χ0n) is 18.9. The SMILES string of the molecule is CC(=O)OC[C@H]1O[C@H]([S@](=O)CCc2ccccc2)[C@@H](OC(C)=O)[C@@H](OC(C)=O)[C@@H]1OC(C)=O. The Kier molecular flexibility index (Phi) is 9.98. The number of carbonyl (C=O) groups excluding carboxylic acids is 4. The molecule has 0 aliphatic carbocycles. The predicted molar refractivity (Wildman–Crippen MR) is 115 cm³/mol. The Balaban J connectivity index is 2.37. The first kappa shape index (κ1) is 26.5. The molecule has 0 unspecified atom stereocenters. The van der Waals surface area contributed by atoms with Gasteiger partial charge in [-0.3, -0.25) is 23.4 Å². The van der Waals surface area contributed by atoms with Gasteiger partial charge in [0.05, 0.1) is 10.8 Å². The number of benzene rings is 1. The maximum absolute atomic E-state index is 13.2. The quantitative estimate of drug-likeness (QED) is 0.370. The molecule has 0 radical (unpaired) electrons. The molecule has 10 nitrogen and oxygen atoms in total. The standard InChI is InChI=1S/C22H28O10S/c1-13(23)28-12-18-19(29-14(2)24)20(30-15(3)25)21(31-16(4)26)22(32-18)33(27)11-10-17-8-6-5-7-9-17/h5-9,18-22H,10-12H2,1-4H3/t18-,19-,20+,21+,22-,33-/m1/s1. The summed E-state index contributed by atoms with van der Waals surface area (Å²) in [5.74, 6) is -2.66. The second-order valence-electron chi connectivity index (χ2n) is 7.39. The van der Waals surface area contributed by atoms with Crippen molar-refractivity contribution in [1.29, 1.82) is 0 Å². The van der Waals surface area contributed by atoms with Crippen LogP contribution in [0.1, 0.15) is 33.3 Å². The zero-order valence-corrected chi connectivity index (χ0v) is 19.7. The Hall–Kier alpha value is -2.79. The highest BCUT2D eigenvalue weighted by atomic mass is 32.2. The molecule has 182 valence electrons. The van der Waals surface area contributed by atoms with E-state index in [1.54, 1.807) is 0 Å². The molecule has 0 amide bonds. The summed E-state index contributed by atoms with van der Waals surface area (Å²) in [6, 6.07) is 9.33. The van der Waals surface area contributed by atoms with Gasteiger partial charge in [-0.15, -0.1) is 0 Å². The van der Waals surface area contributed by atoms with E-state index in [-0.39, 0.29) is 12.4 Å². The first-order chi connectivity index (χ1) is 15.6. The van der Waals surface area contributed by atoms with Crippen molar-refractivity contribution >= 4 is 34.7 Å². The first-order valence-electron chi connectivity index (χ1n) is 10.3. The Morgan fingerprint density at radius 2 is 1.36 bits per heavy atom.